The molecule has 1 aliphatic rings. The highest BCUT2D eigenvalue weighted by Crippen LogP contribution is 2.33. The minimum atomic E-state index is -0.0490. The van der Waals surface area contributed by atoms with Gasteiger partial charge in [0.05, 0.1) is 26.5 Å². The number of nitrogens with one attached hydrogen (secondary N) is 1. The first kappa shape index (κ1) is 16.8. The van der Waals surface area contributed by atoms with Crippen molar-refractivity contribution in [2.75, 3.05) is 32.6 Å². The lowest BCUT2D eigenvalue weighted by Crippen LogP contribution is -2.39. The van der Waals surface area contributed by atoms with E-state index in [0.717, 1.165) is 13.0 Å². The Labute approximate surface area is 146 Å². The van der Waals surface area contributed by atoms with E-state index < -0.39 is 0 Å². The van der Waals surface area contributed by atoms with Gasteiger partial charge in [-0.15, -0.1) is 11.3 Å². The summed E-state index contributed by atoms with van der Waals surface area (Å²) in [7, 11) is 3.18. The van der Waals surface area contributed by atoms with E-state index in [1.165, 1.54) is 10.4 Å². The summed E-state index contributed by atoms with van der Waals surface area (Å²) in [5.74, 6) is 1.25. The summed E-state index contributed by atoms with van der Waals surface area (Å²) in [6.07, 6.45) is 1.01. The van der Waals surface area contributed by atoms with Gasteiger partial charge < -0.3 is 14.8 Å². The third kappa shape index (κ3) is 3.39. The van der Waals surface area contributed by atoms with Crippen LogP contribution in [0.4, 0.5) is 5.69 Å². The Bertz CT molecular complexity index is 729. The second-order valence-electron chi connectivity index (χ2n) is 5.81. The molecule has 128 valence electrons. The van der Waals surface area contributed by atoms with Crippen molar-refractivity contribution >= 4 is 22.9 Å². The molecule has 1 atom stereocenters. The van der Waals surface area contributed by atoms with E-state index in [9.17, 15) is 4.79 Å². The van der Waals surface area contributed by atoms with Gasteiger partial charge in [-0.05, 0) is 42.5 Å². The second kappa shape index (κ2) is 7.23. The minimum absolute atomic E-state index is 0.0490. The summed E-state index contributed by atoms with van der Waals surface area (Å²) in [6, 6.07) is 7.79. The molecular formula is C18H22N2O3S. The average molecular weight is 346 g/mol. The molecule has 0 fully saturated rings. The normalized spacial score (nSPS) is 17.2. The number of carbonyl (C=O) groups excluding carboxylic acids is 1. The number of benzene rings is 1. The molecule has 0 spiro atoms. The third-order valence-electron chi connectivity index (χ3n) is 4.43. The van der Waals surface area contributed by atoms with E-state index in [-0.39, 0.29) is 11.9 Å². The first-order valence-corrected chi connectivity index (χ1v) is 8.82. The maximum atomic E-state index is 12.5. The molecule has 1 N–H and O–H groups in total. The summed E-state index contributed by atoms with van der Waals surface area (Å²) >= 11 is 1.80. The van der Waals surface area contributed by atoms with Crippen molar-refractivity contribution in [2.45, 2.75) is 19.4 Å². The summed E-state index contributed by atoms with van der Waals surface area (Å²) in [5.41, 5.74) is 1.97. The van der Waals surface area contributed by atoms with Gasteiger partial charge in [-0.2, -0.15) is 0 Å². The molecular weight excluding hydrogens is 324 g/mol. The molecule has 2 aromatic rings. The number of hydrogen-bond donors (Lipinski definition) is 1. The van der Waals surface area contributed by atoms with E-state index in [4.69, 9.17) is 9.47 Å². The van der Waals surface area contributed by atoms with Crippen LogP contribution in [0, 0.1) is 0 Å². The molecule has 24 heavy (non-hydrogen) atoms. The average Bonchev–Trinajstić information content (AvgIpc) is 3.06. The molecule has 5 nitrogen and oxygen atoms in total. The Morgan fingerprint density at radius 1 is 1.33 bits per heavy atom. The number of rotatable bonds is 5. The van der Waals surface area contributed by atoms with Gasteiger partial charge in [0.25, 0.3) is 0 Å². The molecule has 0 saturated heterocycles. The van der Waals surface area contributed by atoms with Crippen molar-refractivity contribution in [2.24, 2.45) is 0 Å². The zero-order valence-corrected chi connectivity index (χ0v) is 15.0. The molecule has 1 aromatic carbocycles. The molecule has 0 saturated carbocycles. The second-order valence-corrected chi connectivity index (χ2v) is 6.81. The number of fused-ring (bicyclic) bond motifs is 1. The first-order valence-electron chi connectivity index (χ1n) is 7.94. The van der Waals surface area contributed by atoms with Crippen molar-refractivity contribution in [1.29, 1.82) is 0 Å². The summed E-state index contributed by atoms with van der Waals surface area (Å²) in [5, 5.41) is 5.07. The van der Waals surface area contributed by atoms with Crippen molar-refractivity contribution in [1.82, 2.24) is 4.90 Å². The Morgan fingerprint density at radius 2 is 2.17 bits per heavy atom. The number of thiophene rings is 1. The molecule has 0 aliphatic carbocycles. The monoisotopic (exact) mass is 346 g/mol. The quantitative estimate of drug-likeness (QED) is 0.902. The van der Waals surface area contributed by atoms with Crippen LogP contribution in [-0.2, 0) is 11.2 Å². The van der Waals surface area contributed by atoms with Crippen molar-refractivity contribution in [3.8, 4) is 11.5 Å². The van der Waals surface area contributed by atoms with Gasteiger partial charge in [0.2, 0.25) is 5.91 Å². The number of ether oxygens (including phenoxy) is 2. The number of methoxy groups -OCH3 is 2. The van der Waals surface area contributed by atoms with E-state index in [0.29, 0.717) is 23.7 Å². The molecule has 0 radical (unpaired) electrons. The van der Waals surface area contributed by atoms with Crippen LogP contribution < -0.4 is 14.8 Å². The van der Waals surface area contributed by atoms with Crippen LogP contribution in [0.3, 0.4) is 0 Å². The Morgan fingerprint density at radius 3 is 2.92 bits per heavy atom. The Hall–Kier alpha value is -2.05. The molecule has 6 heteroatoms. The summed E-state index contributed by atoms with van der Waals surface area (Å²) in [4.78, 5) is 16.1. The highest BCUT2D eigenvalue weighted by Gasteiger charge is 2.26. The SMILES string of the molecule is COc1ccc(OC)c(NC(=O)CN2CCc3sccc3[C@H]2C)c1. The smallest absolute Gasteiger partial charge is 0.238 e. The van der Waals surface area contributed by atoms with Gasteiger partial charge in [-0.25, -0.2) is 0 Å². The molecule has 1 aromatic heterocycles. The molecule has 3 rings (SSSR count). The number of hydrogen-bond acceptors (Lipinski definition) is 5. The number of nitrogens with zero attached hydrogens (tertiary/aromatic N) is 1. The lowest BCUT2D eigenvalue weighted by atomic mass is 10.0. The van der Waals surface area contributed by atoms with Crippen LogP contribution in [0.15, 0.2) is 29.6 Å². The van der Waals surface area contributed by atoms with Gasteiger partial charge in [0.1, 0.15) is 11.5 Å². The van der Waals surface area contributed by atoms with Gasteiger partial charge in [-0.1, -0.05) is 0 Å². The largest absolute Gasteiger partial charge is 0.497 e. The van der Waals surface area contributed by atoms with Crippen LogP contribution in [0.5, 0.6) is 11.5 Å². The summed E-state index contributed by atoms with van der Waals surface area (Å²) < 4.78 is 10.5. The van der Waals surface area contributed by atoms with E-state index in [1.54, 1.807) is 43.8 Å². The van der Waals surface area contributed by atoms with Gasteiger partial charge in [0, 0.05) is 23.5 Å². The maximum absolute atomic E-state index is 12.5. The number of anilines is 1. The van der Waals surface area contributed by atoms with Crippen LogP contribution in [0.25, 0.3) is 0 Å². The highest BCUT2D eigenvalue weighted by molar-refractivity contribution is 7.10. The highest BCUT2D eigenvalue weighted by atomic mass is 32.1. The van der Waals surface area contributed by atoms with Crippen molar-refractivity contribution in [3.63, 3.8) is 0 Å². The fraction of sp³-hybridized carbons (Fsp3) is 0.389. The van der Waals surface area contributed by atoms with E-state index >= 15 is 0 Å². The Balaban J connectivity index is 1.68. The minimum Gasteiger partial charge on any atom is -0.497 e. The van der Waals surface area contributed by atoms with Crippen molar-refractivity contribution < 1.29 is 14.3 Å². The zero-order chi connectivity index (χ0) is 17.1. The van der Waals surface area contributed by atoms with Gasteiger partial charge >= 0.3 is 0 Å². The van der Waals surface area contributed by atoms with Crippen molar-refractivity contribution in [3.05, 3.63) is 40.1 Å². The fourth-order valence-corrected chi connectivity index (χ4v) is 4.03. The number of amides is 1. The van der Waals surface area contributed by atoms with E-state index in [2.05, 4.69) is 28.6 Å². The fourth-order valence-electron chi connectivity index (χ4n) is 3.06. The predicted octanol–water partition coefficient (Wildman–Crippen LogP) is 3.32. The molecule has 0 unspecified atom stereocenters. The standard InChI is InChI=1S/C18H22N2O3S/c1-12-14-7-9-24-17(14)6-8-20(12)11-18(21)19-15-10-13(22-2)4-5-16(15)23-3/h4-5,7,9-10,12H,6,8,11H2,1-3H3,(H,19,21)/t12-/m1/s1. The van der Waals surface area contributed by atoms with Gasteiger partial charge in [-0.3, -0.25) is 9.69 Å². The molecule has 2 heterocycles. The van der Waals surface area contributed by atoms with E-state index in [1.807, 2.05) is 0 Å². The maximum Gasteiger partial charge on any atom is 0.238 e. The molecule has 0 bridgehead atoms. The summed E-state index contributed by atoms with van der Waals surface area (Å²) in [6.45, 7) is 3.41. The predicted molar refractivity (Wildman–Crippen MR) is 96.2 cm³/mol. The van der Waals surface area contributed by atoms with Crippen LogP contribution >= 0.6 is 11.3 Å². The third-order valence-corrected chi connectivity index (χ3v) is 5.43. The zero-order valence-electron chi connectivity index (χ0n) is 14.2. The van der Waals surface area contributed by atoms with Gasteiger partial charge in [0.15, 0.2) is 0 Å². The topological polar surface area (TPSA) is 50.8 Å². The molecule has 1 amide bonds. The van der Waals surface area contributed by atoms with Crippen LogP contribution in [0.2, 0.25) is 0 Å². The Kier molecular flexibility index (Phi) is 5.06. The lowest BCUT2D eigenvalue weighted by Gasteiger charge is -2.32. The lowest BCUT2D eigenvalue weighted by molar-refractivity contribution is -0.117. The first-order chi connectivity index (χ1) is 11.6. The molecule has 1 aliphatic heterocycles. The number of carbonyl (C=O) groups is 1. The van der Waals surface area contributed by atoms with Crippen LogP contribution in [0.1, 0.15) is 23.4 Å². The van der Waals surface area contributed by atoms with Crippen LogP contribution in [-0.4, -0.2) is 38.1 Å².